The molecule has 0 aliphatic carbocycles. The highest BCUT2D eigenvalue weighted by Crippen LogP contribution is 2.31. The second-order valence-corrected chi connectivity index (χ2v) is 5.59. The maximum Gasteiger partial charge on any atom is 0.0876 e. The summed E-state index contributed by atoms with van der Waals surface area (Å²) in [6.45, 7) is 3.84. The van der Waals surface area contributed by atoms with E-state index in [-0.39, 0.29) is 6.04 Å². The third-order valence-corrected chi connectivity index (χ3v) is 4.25. The summed E-state index contributed by atoms with van der Waals surface area (Å²) in [6.07, 6.45) is 4.05. The van der Waals surface area contributed by atoms with Crippen LogP contribution in [0.3, 0.4) is 0 Å². The van der Waals surface area contributed by atoms with Gasteiger partial charge in [0.15, 0.2) is 0 Å². The lowest BCUT2D eigenvalue weighted by Gasteiger charge is -2.24. The van der Waals surface area contributed by atoms with Gasteiger partial charge in [-0.2, -0.15) is 0 Å². The molecule has 0 bridgehead atoms. The average Bonchev–Trinajstić information content (AvgIpc) is 2.40. The van der Waals surface area contributed by atoms with Gasteiger partial charge >= 0.3 is 0 Å². The minimum atomic E-state index is 0.195. The van der Waals surface area contributed by atoms with Crippen molar-refractivity contribution in [2.45, 2.75) is 25.8 Å². The smallest absolute Gasteiger partial charge is 0.0876 e. The Bertz CT molecular complexity index is 447. The minimum Gasteiger partial charge on any atom is -0.501 e. The number of hydrogen-bond donors (Lipinski definition) is 1. The van der Waals surface area contributed by atoms with E-state index in [1.807, 2.05) is 18.4 Å². The Labute approximate surface area is 121 Å². The van der Waals surface area contributed by atoms with Gasteiger partial charge < -0.3 is 10.1 Å². The SMILES string of the molecule is CCNC(C1=COCCC1)c1ccc(Br)c(Cl)c1. The molecule has 1 atom stereocenters. The van der Waals surface area contributed by atoms with Crippen LogP contribution >= 0.6 is 27.5 Å². The van der Waals surface area contributed by atoms with E-state index in [1.165, 1.54) is 11.1 Å². The van der Waals surface area contributed by atoms with E-state index < -0.39 is 0 Å². The van der Waals surface area contributed by atoms with Gasteiger partial charge in [-0.05, 0) is 58.6 Å². The predicted molar refractivity (Wildman–Crippen MR) is 78.8 cm³/mol. The van der Waals surface area contributed by atoms with E-state index in [1.54, 1.807) is 0 Å². The van der Waals surface area contributed by atoms with Crippen LogP contribution in [0.25, 0.3) is 0 Å². The molecule has 1 unspecified atom stereocenters. The van der Waals surface area contributed by atoms with Crippen LogP contribution in [-0.4, -0.2) is 13.2 Å². The first-order valence-corrected chi connectivity index (χ1v) is 7.38. The maximum atomic E-state index is 6.17. The summed E-state index contributed by atoms with van der Waals surface area (Å²) >= 11 is 9.59. The molecule has 1 heterocycles. The van der Waals surface area contributed by atoms with Crippen molar-refractivity contribution in [1.82, 2.24) is 5.32 Å². The van der Waals surface area contributed by atoms with Crippen molar-refractivity contribution in [2.75, 3.05) is 13.2 Å². The third kappa shape index (κ3) is 3.28. The zero-order valence-electron chi connectivity index (χ0n) is 10.4. The van der Waals surface area contributed by atoms with Crippen LogP contribution in [-0.2, 0) is 4.74 Å². The zero-order chi connectivity index (χ0) is 13.0. The van der Waals surface area contributed by atoms with Gasteiger partial charge in [-0.25, -0.2) is 0 Å². The molecule has 1 N–H and O–H groups in total. The molecule has 1 aromatic rings. The Balaban J connectivity index is 2.28. The molecule has 0 fully saturated rings. The molecular formula is C14H17BrClNO. The molecule has 2 rings (SSSR count). The average molecular weight is 331 g/mol. The number of rotatable bonds is 4. The fourth-order valence-electron chi connectivity index (χ4n) is 2.16. The highest BCUT2D eigenvalue weighted by atomic mass is 79.9. The Morgan fingerprint density at radius 2 is 2.33 bits per heavy atom. The lowest BCUT2D eigenvalue weighted by molar-refractivity contribution is 0.219. The quantitative estimate of drug-likeness (QED) is 0.881. The first kappa shape index (κ1) is 13.9. The number of halogens is 2. The Morgan fingerprint density at radius 3 is 2.94 bits per heavy atom. The third-order valence-electron chi connectivity index (χ3n) is 3.02. The summed E-state index contributed by atoms with van der Waals surface area (Å²) in [5, 5.41) is 4.24. The highest BCUT2D eigenvalue weighted by molar-refractivity contribution is 9.10. The molecule has 0 amide bonds. The van der Waals surface area contributed by atoms with E-state index in [9.17, 15) is 0 Å². The summed E-state index contributed by atoms with van der Waals surface area (Å²) in [5.74, 6) is 0. The Morgan fingerprint density at radius 1 is 1.50 bits per heavy atom. The molecule has 1 aromatic carbocycles. The number of hydrogen-bond acceptors (Lipinski definition) is 2. The Kier molecular flexibility index (Phi) is 5.10. The zero-order valence-corrected chi connectivity index (χ0v) is 12.7. The molecule has 4 heteroatoms. The fourth-order valence-corrected chi connectivity index (χ4v) is 2.59. The number of benzene rings is 1. The van der Waals surface area contributed by atoms with Gasteiger partial charge in [0.25, 0.3) is 0 Å². The standard InChI is InChI=1S/C14H17BrClNO/c1-2-17-14(11-4-3-7-18-9-11)10-5-6-12(15)13(16)8-10/h5-6,8-9,14,17H,2-4,7H2,1H3. The summed E-state index contributed by atoms with van der Waals surface area (Å²) < 4.78 is 6.37. The molecule has 0 radical (unpaired) electrons. The molecule has 2 nitrogen and oxygen atoms in total. The predicted octanol–water partition coefficient (Wildman–Crippen LogP) is 4.45. The van der Waals surface area contributed by atoms with Crippen molar-refractivity contribution in [3.8, 4) is 0 Å². The van der Waals surface area contributed by atoms with Crippen LogP contribution in [0.15, 0.2) is 34.5 Å². The monoisotopic (exact) mass is 329 g/mol. The first-order chi connectivity index (χ1) is 8.72. The van der Waals surface area contributed by atoms with E-state index in [2.05, 4.69) is 34.2 Å². The summed E-state index contributed by atoms with van der Waals surface area (Å²) in [6, 6.07) is 6.29. The minimum absolute atomic E-state index is 0.195. The van der Waals surface area contributed by atoms with Crippen molar-refractivity contribution in [1.29, 1.82) is 0 Å². The van der Waals surface area contributed by atoms with Gasteiger partial charge in [-0.1, -0.05) is 24.6 Å². The number of likely N-dealkylation sites (N-methyl/N-ethyl adjacent to an activating group) is 1. The second-order valence-electron chi connectivity index (χ2n) is 4.33. The lowest BCUT2D eigenvalue weighted by Crippen LogP contribution is -2.24. The lowest BCUT2D eigenvalue weighted by atomic mass is 9.95. The second kappa shape index (κ2) is 6.60. The molecule has 1 aliphatic heterocycles. The fraction of sp³-hybridized carbons (Fsp3) is 0.429. The number of nitrogens with one attached hydrogen (secondary N) is 1. The van der Waals surface area contributed by atoms with Crippen LogP contribution in [0.2, 0.25) is 5.02 Å². The van der Waals surface area contributed by atoms with E-state index >= 15 is 0 Å². The van der Waals surface area contributed by atoms with Gasteiger partial charge in [0.05, 0.1) is 23.9 Å². The van der Waals surface area contributed by atoms with Gasteiger partial charge in [0.1, 0.15) is 0 Å². The molecule has 0 saturated carbocycles. The molecule has 1 aliphatic rings. The van der Waals surface area contributed by atoms with Crippen molar-refractivity contribution < 1.29 is 4.74 Å². The first-order valence-electron chi connectivity index (χ1n) is 6.21. The van der Waals surface area contributed by atoms with E-state index in [0.717, 1.165) is 35.5 Å². The van der Waals surface area contributed by atoms with Crippen LogP contribution < -0.4 is 5.32 Å². The normalized spacial score (nSPS) is 16.9. The van der Waals surface area contributed by atoms with Gasteiger partial charge in [-0.3, -0.25) is 0 Å². The van der Waals surface area contributed by atoms with Crippen LogP contribution in [0, 0.1) is 0 Å². The van der Waals surface area contributed by atoms with Gasteiger partial charge in [-0.15, -0.1) is 0 Å². The largest absolute Gasteiger partial charge is 0.501 e. The van der Waals surface area contributed by atoms with Gasteiger partial charge in [0, 0.05) is 4.47 Å². The molecule has 0 saturated heterocycles. The number of ether oxygens (including phenoxy) is 1. The van der Waals surface area contributed by atoms with Crippen LogP contribution in [0.1, 0.15) is 31.4 Å². The Hall–Kier alpha value is -0.510. The van der Waals surface area contributed by atoms with E-state index in [0.29, 0.717) is 0 Å². The molecule has 18 heavy (non-hydrogen) atoms. The van der Waals surface area contributed by atoms with Crippen molar-refractivity contribution >= 4 is 27.5 Å². The molecule has 0 aromatic heterocycles. The summed E-state index contributed by atoms with van der Waals surface area (Å²) in [5.41, 5.74) is 2.48. The topological polar surface area (TPSA) is 21.3 Å². The highest BCUT2D eigenvalue weighted by Gasteiger charge is 2.18. The van der Waals surface area contributed by atoms with E-state index in [4.69, 9.17) is 16.3 Å². The summed E-state index contributed by atoms with van der Waals surface area (Å²) in [4.78, 5) is 0. The van der Waals surface area contributed by atoms with Crippen LogP contribution in [0.4, 0.5) is 0 Å². The van der Waals surface area contributed by atoms with Crippen LogP contribution in [0.5, 0.6) is 0 Å². The van der Waals surface area contributed by atoms with Crippen molar-refractivity contribution in [3.63, 3.8) is 0 Å². The van der Waals surface area contributed by atoms with Crippen molar-refractivity contribution in [3.05, 3.63) is 45.1 Å². The van der Waals surface area contributed by atoms with Gasteiger partial charge in [0.2, 0.25) is 0 Å². The molecule has 98 valence electrons. The maximum absolute atomic E-state index is 6.17. The molecule has 0 spiro atoms. The summed E-state index contributed by atoms with van der Waals surface area (Å²) in [7, 11) is 0. The molecular weight excluding hydrogens is 314 g/mol. The van der Waals surface area contributed by atoms with Crippen molar-refractivity contribution in [2.24, 2.45) is 0 Å².